The zero-order valence-corrected chi connectivity index (χ0v) is 21.1. The summed E-state index contributed by atoms with van der Waals surface area (Å²) < 4.78 is 0. The smallest absolute Gasteiger partial charge is 0.0319 e. The molecule has 0 heterocycles. The van der Waals surface area contributed by atoms with Crippen molar-refractivity contribution in [1.82, 2.24) is 0 Å². The highest BCUT2D eigenvalue weighted by molar-refractivity contribution is 5.10. The van der Waals surface area contributed by atoms with Crippen molar-refractivity contribution in [2.75, 3.05) is 7.11 Å². The van der Waals surface area contributed by atoms with E-state index in [0.29, 0.717) is 16.9 Å². The van der Waals surface area contributed by atoms with Gasteiger partial charge in [0.05, 0.1) is 0 Å². The molecule has 30 heavy (non-hydrogen) atoms. The minimum absolute atomic E-state index is 0.477. The van der Waals surface area contributed by atoms with Crippen LogP contribution in [0.2, 0.25) is 0 Å². The van der Waals surface area contributed by atoms with Crippen LogP contribution >= 0.6 is 0 Å². The van der Waals surface area contributed by atoms with Crippen molar-refractivity contribution < 1.29 is 5.11 Å². The van der Waals surface area contributed by atoms with Gasteiger partial charge in [-0.2, -0.15) is 0 Å². The zero-order chi connectivity index (χ0) is 22.1. The van der Waals surface area contributed by atoms with Crippen molar-refractivity contribution in [2.24, 2.45) is 58.0 Å². The molecule has 0 aromatic carbocycles. The van der Waals surface area contributed by atoms with E-state index >= 15 is 0 Å². The van der Waals surface area contributed by atoms with Crippen molar-refractivity contribution in [1.29, 1.82) is 0 Å². The van der Waals surface area contributed by atoms with Crippen LogP contribution in [0, 0.1) is 52.3 Å². The van der Waals surface area contributed by atoms with E-state index < -0.39 is 0 Å². The molecule has 176 valence electrons. The van der Waals surface area contributed by atoms with Gasteiger partial charge in [0.15, 0.2) is 0 Å². The van der Waals surface area contributed by atoms with Crippen LogP contribution in [-0.2, 0) is 0 Å². The van der Waals surface area contributed by atoms with Gasteiger partial charge in [-0.05, 0) is 110 Å². The van der Waals surface area contributed by atoms with Gasteiger partial charge in [0, 0.05) is 13.2 Å². The molecule has 4 aliphatic carbocycles. The van der Waals surface area contributed by atoms with E-state index in [2.05, 4.69) is 34.6 Å². The quantitative estimate of drug-likeness (QED) is 0.502. The van der Waals surface area contributed by atoms with Gasteiger partial charge in [-0.15, -0.1) is 0 Å². The molecular formula is C28H53NO. The second-order valence-corrected chi connectivity index (χ2v) is 12.7. The average molecular weight is 420 g/mol. The Bertz CT molecular complexity index is 547. The fraction of sp³-hybridized carbons (Fsp3) is 1.00. The first-order valence-corrected chi connectivity index (χ1v) is 13.5. The van der Waals surface area contributed by atoms with Crippen LogP contribution in [0.3, 0.4) is 0 Å². The molecule has 0 saturated heterocycles. The maximum Gasteiger partial charge on any atom is 0.0319 e. The second-order valence-electron chi connectivity index (χ2n) is 12.7. The molecule has 0 spiro atoms. The predicted molar refractivity (Wildman–Crippen MR) is 129 cm³/mol. The van der Waals surface area contributed by atoms with E-state index in [9.17, 15) is 0 Å². The van der Waals surface area contributed by atoms with Crippen LogP contribution in [0.15, 0.2) is 0 Å². The lowest BCUT2D eigenvalue weighted by molar-refractivity contribution is -0.117. The highest BCUT2D eigenvalue weighted by Gasteiger charge is 2.60. The molecule has 0 aliphatic heterocycles. The van der Waals surface area contributed by atoms with Gasteiger partial charge in [-0.25, -0.2) is 0 Å². The van der Waals surface area contributed by atoms with Crippen molar-refractivity contribution in [3.05, 3.63) is 0 Å². The molecule has 4 fully saturated rings. The Labute approximate surface area is 188 Å². The summed E-state index contributed by atoms with van der Waals surface area (Å²) in [7, 11) is 1.00. The summed E-state index contributed by atoms with van der Waals surface area (Å²) in [4.78, 5) is 0. The fourth-order valence-corrected chi connectivity index (χ4v) is 9.43. The molecule has 4 aliphatic rings. The molecule has 3 N–H and O–H groups in total. The monoisotopic (exact) mass is 419 g/mol. The summed E-state index contributed by atoms with van der Waals surface area (Å²) in [5, 5.41) is 7.00. The Morgan fingerprint density at radius 3 is 2.20 bits per heavy atom. The molecule has 0 radical (unpaired) electrons. The largest absolute Gasteiger partial charge is 0.400 e. The Balaban J connectivity index is 0.00000124. The maximum absolute atomic E-state index is 7.00. The van der Waals surface area contributed by atoms with E-state index in [-0.39, 0.29) is 0 Å². The third-order valence-electron chi connectivity index (χ3n) is 10.9. The Morgan fingerprint density at radius 1 is 0.833 bits per heavy atom. The van der Waals surface area contributed by atoms with Crippen LogP contribution < -0.4 is 5.73 Å². The highest BCUT2D eigenvalue weighted by atomic mass is 16.2. The fourth-order valence-electron chi connectivity index (χ4n) is 9.43. The lowest BCUT2D eigenvalue weighted by atomic mass is 9.44. The lowest BCUT2D eigenvalue weighted by Crippen LogP contribution is -2.55. The second kappa shape index (κ2) is 9.82. The molecule has 4 rings (SSSR count). The molecular weight excluding hydrogens is 366 g/mol. The van der Waals surface area contributed by atoms with Gasteiger partial charge >= 0.3 is 0 Å². The molecule has 0 amide bonds. The number of nitrogens with two attached hydrogens (primary N) is 1. The standard InChI is InChI=1S/C27H49N.CH4O/c1-18(2)7-6-8-19(3)23-13-14-24-22-12-10-20-9-11-21(28)17-27(20,5)25(22)15-16-26(23,24)4;1-2/h18-25H,6-17,28H2,1-5H3;2H,1H3/t19-,20?,21?,22?,23?,24?,25?,26?,27?;/m1./s1. The summed E-state index contributed by atoms with van der Waals surface area (Å²) in [6, 6.07) is 0.477. The summed E-state index contributed by atoms with van der Waals surface area (Å²) in [5.41, 5.74) is 7.71. The topological polar surface area (TPSA) is 46.2 Å². The normalized spacial score (nSPS) is 46.3. The zero-order valence-electron chi connectivity index (χ0n) is 21.1. The molecule has 0 aromatic heterocycles. The van der Waals surface area contributed by atoms with Gasteiger partial charge < -0.3 is 10.8 Å². The van der Waals surface area contributed by atoms with Gasteiger partial charge in [0.1, 0.15) is 0 Å². The Kier molecular flexibility index (Phi) is 8.04. The first-order valence-electron chi connectivity index (χ1n) is 13.5. The van der Waals surface area contributed by atoms with Gasteiger partial charge in [-0.1, -0.05) is 53.9 Å². The van der Waals surface area contributed by atoms with E-state index in [1.165, 1.54) is 77.0 Å². The van der Waals surface area contributed by atoms with E-state index in [0.717, 1.165) is 48.5 Å². The number of rotatable bonds is 5. The molecule has 2 nitrogen and oxygen atoms in total. The van der Waals surface area contributed by atoms with Crippen molar-refractivity contribution in [3.8, 4) is 0 Å². The summed E-state index contributed by atoms with van der Waals surface area (Å²) >= 11 is 0. The van der Waals surface area contributed by atoms with Crippen LogP contribution in [-0.4, -0.2) is 18.3 Å². The Hall–Kier alpha value is -0.0800. The van der Waals surface area contributed by atoms with E-state index in [1.54, 1.807) is 0 Å². The van der Waals surface area contributed by atoms with Crippen LogP contribution in [0.5, 0.6) is 0 Å². The van der Waals surface area contributed by atoms with Crippen LogP contribution in [0.25, 0.3) is 0 Å². The summed E-state index contributed by atoms with van der Waals surface area (Å²) in [5.74, 6) is 6.77. The number of aliphatic hydroxyl groups excluding tert-OH is 1. The third kappa shape index (κ3) is 4.39. The summed E-state index contributed by atoms with van der Waals surface area (Å²) in [6.07, 6.45) is 17.5. The van der Waals surface area contributed by atoms with Crippen LogP contribution in [0.1, 0.15) is 112 Å². The number of hydrogen-bond donors (Lipinski definition) is 2. The van der Waals surface area contributed by atoms with Crippen molar-refractivity contribution >= 4 is 0 Å². The maximum atomic E-state index is 7.00. The number of hydrogen-bond acceptors (Lipinski definition) is 2. The van der Waals surface area contributed by atoms with Gasteiger partial charge in [0.2, 0.25) is 0 Å². The molecule has 8 unspecified atom stereocenters. The van der Waals surface area contributed by atoms with E-state index in [4.69, 9.17) is 10.8 Å². The minimum atomic E-state index is 0.477. The summed E-state index contributed by atoms with van der Waals surface area (Å²) in [6.45, 7) is 12.8. The highest BCUT2D eigenvalue weighted by Crippen LogP contribution is 2.68. The predicted octanol–water partition coefficient (Wildman–Crippen LogP) is 7.04. The number of fused-ring (bicyclic) bond motifs is 5. The minimum Gasteiger partial charge on any atom is -0.400 e. The third-order valence-corrected chi connectivity index (χ3v) is 10.9. The van der Waals surface area contributed by atoms with Crippen molar-refractivity contribution in [2.45, 2.75) is 118 Å². The first kappa shape index (κ1) is 24.6. The van der Waals surface area contributed by atoms with E-state index in [1.807, 2.05) is 0 Å². The molecule has 0 bridgehead atoms. The van der Waals surface area contributed by atoms with Crippen LogP contribution in [0.4, 0.5) is 0 Å². The molecule has 2 heteroatoms. The lowest BCUT2D eigenvalue weighted by Gasteiger charge is -2.61. The number of aliphatic hydroxyl groups is 1. The molecule has 0 aromatic rings. The molecule has 9 atom stereocenters. The molecule has 4 saturated carbocycles. The Morgan fingerprint density at radius 2 is 1.50 bits per heavy atom. The average Bonchev–Trinajstić information content (AvgIpc) is 3.06. The SMILES string of the molecule is CC(C)CCC[C@@H](C)C1CCC2C3CCC4CCC(N)CC4(C)C3CCC21C.CO. The van der Waals surface area contributed by atoms with Gasteiger partial charge in [-0.3, -0.25) is 0 Å². The van der Waals surface area contributed by atoms with Crippen molar-refractivity contribution in [3.63, 3.8) is 0 Å². The van der Waals surface area contributed by atoms with Gasteiger partial charge in [0.25, 0.3) is 0 Å². The first-order chi connectivity index (χ1) is 14.3.